The Bertz CT molecular complexity index is 330. The van der Waals surface area contributed by atoms with Crippen LogP contribution >= 0.6 is 0 Å². The van der Waals surface area contributed by atoms with Gasteiger partial charge in [0.05, 0.1) is 12.2 Å². The van der Waals surface area contributed by atoms with E-state index in [1.807, 2.05) is 6.07 Å². The highest BCUT2D eigenvalue weighted by Gasteiger charge is 2.02. The van der Waals surface area contributed by atoms with Crippen molar-refractivity contribution in [3.05, 3.63) is 29.8 Å². The van der Waals surface area contributed by atoms with Crippen LogP contribution < -0.4 is 4.74 Å². The molecule has 0 aliphatic heterocycles. The van der Waals surface area contributed by atoms with Gasteiger partial charge in [0.15, 0.2) is 0 Å². The van der Waals surface area contributed by atoms with Crippen LogP contribution in [0.25, 0.3) is 0 Å². The van der Waals surface area contributed by atoms with Gasteiger partial charge in [-0.15, -0.1) is 0 Å². The minimum absolute atomic E-state index is 0.302. The van der Waals surface area contributed by atoms with Crippen LogP contribution in [-0.2, 0) is 0 Å². The van der Waals surface area contributed by atoms with Gasteiger partial charge >= 0.3 is 0 Å². The van der Waals surface area contributed by atoms with E-state index in [-0.39, 0.29) is 0 Å². The predicted molar refractivity (Wildman–Crippen MR) is 51.8 cm³/mol. The number of halogens is 1. The Hall–Kier alpha value is -1.56. The SMILES string of the molecule is CC(F)CCOc1ccccc1C#N. The van der Waals surface area contributed by atoms with E-state index in [0.717, 1.165) is 0 Å². The first-order chi connectivity index (χ1) is 6.74. The third-order valence-electron chi connectivity index (χ3n) is 1.78. The molecule has 0 N–H and O–H groups in total. The molecule has 14 heavy (non-hydrogen) atoms. The second kappa shape index (κ2) is 5.23. The molecule has 0 bridgehead atoms. The van der Waals surface area contributed by atoms with Gasteiger partial charge in [0, 0.05) is 6.42 Å². The number of nitrogens with zero attached hydrogens (tertiary/aromatic N) is 1. The molecule has 0 amide bonds. The van der Waals surface area contributed by atoms with Crippen LogP contribution in [-0.4, -0.2) is 12.8 Å². The number of rotatable bonds is 4. The molecule has 0 spiro atoms. The van der Waals surface area contributed by atoms with Crippen LogP contribution in [0.4, 0.5) is 4.39 Å². The van der Waals surface area contributed by atoms with E-state index in [2.05, 4.69) is 0 Å². The van der Waals surface area contributed by atoms with Gasteiger partial charge < -0.3 is 4.74 Å². The van der Waals surface area contributed by atoms with E-state index in [0.29, 0.717) is 24.3 Å². The first-order valence-corrected chi connectivity index (χ1v) is 4.50. The lowest BCUT2D eigenvalue weighted by atomic mass is 10.2. The molecule has 3 heteroatoms. The molecule has 0 saturated carbocycles. The van der Waals surface area contributed by atoms with Crippen molar-refractivity contribution in [3.8, 4) is 11.8 Å². The molecule has 74 valence electrons. The van der Waals surface area contributed by atoms with Crippen LogP contribution in [0.15, 0.2) is 24.3 Å². The fourth-order valence-electron chi connectivity index (χ4n) is 1.02. The maximum absolute atomic E-state index is 12.4. The van der Waals surface area contributed by atoms with Crippen molar-refractivity contribution in [2.24, 2.45) is 0 Å². The predicted octanol–water partition coefficient (Wildman–Crippen LogP) is 2.69. The van der Waals surface area contributed by atoms with Gasteiger partial charge in [0.2, 0.25) is 0 Å². The van der Waals surface area contributed by atoms with Crippen molar-refractivity contribution < 1.29 is 9.13 Å². The first kappa shape index (κ1) is 10.5. The summed E-state index contributed by atoms with van der Waals surface area (Å²) in [5, 5.41) is 8.72. The largest absolute Gasteiger partial charge is 0.492 e. The Morgan fingerprint density at radius 2 is 2.21 bits per heavy atom. The van der Waals surface area contributed by atoms with E-state index < -0.39 is 6.17 Å². The molecule has 0 aliphatic carbocycles. The van der Waals surface area contributed by atoms with Crippen molar-refractivity contribution in [2.75, 3.05) is 6.61 Å². The summed E-state index contributed by atoms with van der Waals surface area (Å²) < 4.78 is 17.7. The molecule has 0 fully saturated rings. The third kappa shape index (κ3) is 3.06. The second-order valence-corrected chi connectivity index (χ2v) is 3.03. The van der Waals surface area contributed by atoms with Crippen LogP contribution in [0, 0.1) is 11.3 Å². The van der Waals surface area contributed by atoms with Crippen molar-refractivity contribution in [1.82, 2.24) is 0 Å². The maximum atomic E-state index is 12.4. The Labute approximate surface area is 82.9 Å². The quantitative estimate of drug-likeness (QED) is 0.736. The lowest BCUT2D eigenvalue weighted by Crippen LogP contribution is -2.04. The fraction of sp³-hybridized carbons (Fsp3) is 0.364. The molecule has 0 aromatic heterocycles. The Morgan fingerprint density at radius 1 is 1.50 bits per heavy atom. The second-order valence-electron chi connectivity index (χ2n) is 3.03. The van der Waals surface area contributed by atoms with Gasteiger partial charge in [-0.2, -0.15) is 5.26 Å². The minimum Gasteiger partial charge on any atom is -0.492 e. The van der Waals surface area contributed by atoms with Gasteiger partial charge in [-0.05, 0) is 19.1 Å². The van der Waals surface area contributed by atoms with Gasteiger partial charge in [-0.1, -0.05) is 12.1 Å². The topological polar surface area (TPSA) is 33.0 Å². The summed E-state index contributed by atoms with van der Waals surface area (Å²) in [6.07, 6.45) is -0.524. The molecule has 1 atom stereocenters. The molecular formula is C11H12FNO. The van der Waals surface area contributed by atoms with E-state index in [1.165, 1.54) is 6.92 Å². The zero-order chi connectivity index (χ0) is 10.4. The average Bonchev–Trinajstić information content (AvgIpc) is 2.18. The molecule has 1 unspecified atom stereocenters. The number of nitriles is 1. The molecule has 1 aromatic rings. The van der Waals surface area contributed by atoms with Gasteiger partial charge in [0.1, 0.15) is 18.0 Å². The maximum Gasteiger partial charge on any atom is 0.137 e. The summed E-state index contributed by atoms with van der Waals surface area (Å²) in [4.78, 5) is 0. The number of para-hydroxylation sites is 1. The molecule has 2 nitrogen and oxygen atoms in total. The third-order valence-corrected chi connectivity index (χ3v) is 1.78. The zero-order valence-electron chi connectivity index (χ0n) is 8.03. The molecule has 0 radical (unpaired) electrons. The number of hydrogen-bond acceptors (Lipinski definition) is 2. The fourth-order valence-corrected chi connectivity index (χ4v) is 1.02. The standard InChI is InChI=1S/C11H12FNO/c1-9(12)6-7-14-11-5-3-2-4-10(11)8-13/h2-5,9H,6-7H2,1H3. The lowest BCUT2D eigenvalue weighted by Gasteiger charge is -2.07. The van der Waals surface area contributed by atoms with E-state index in [9.17, 15) is 4.39 Å². The van der Waals surface area contributed by atoms with Crippen molar-refractivity contribution >= 4 is 0 Å². The normalized spacial score (nSPS) is 11.8. The summed E-state index contributed by atoms with van der Waals surface area (Å²) in [7, 11) is 0. The zero-order valence-corrected chi connectivity index (χ0v) is 8.03. The van der Waals surface area contributed by atoms with E-state index >= 15 is 0 Å². The summed E-state index contributed by atoms with van der Waals surface area (Å²) in [6.45, 7) is 1.79. The summed E-state index contributed by atoms with van der Waals surface area (Å²) >= 11 is 0. The molecule has 1 rings (SSSR count). The first-order valence-electron chi connectivity index (χ1n) is 4.50. The highest BCUT2D eigenvalue weighted by atomic mass is 19.1. The molecule has 0 heterocycles. The number of hydrogen-bond donors (Lipinski definition) is 0. The monoisotopic (exact) mass is 193 g/mol. The highest BCUT2D eigenvalue weighted by Crippen LogP contribution is 2.16. The number of ether oxygens (including phenoxy) is 1. The average molecular weight is 193 g/mol. The molecule has 1 aromatic carbocycles. The van der Waals surface area contributed by atoms with Crippen LogP contribution in [0.2, 0.25) is 0 Å². The molecular weight excluding hydrogens is 181 g/mol. The minimum atomic E-state index is -0.871. The summed E-state index contributed by atoms with van der Waals surface area (Å²) in [6, 6.07) is 8.95. The Kier molecular flexibility index (Phi) is 3.93. The van der Waals surface area contributed by atoms with Crippen molar-refractivity contribution in [3.63, 3.8) is 0 Å². The highest BCUT2D eigenvalue weighted by molar-refractivity contribution is 5.42. The van der Waals surface area contributed by atoms with Crippen LogP contribution in [0.1, 0.15) is 18.9 Å². The summed E-state index contributed by atoms with van der Waals surface area (Å²) in [5.74, 6) is 0.524. The van der Waals surface area contributed by atoms with Gasteiger partial charge in [-0.3, -0.25) is 0 Å². The van der Waals surface area contributed by atoms with Gasteiger partial charge in [-0.25, -0.2) is 4.39 Å². The lowest BCUT2D eigenvalue weighted by molar-refractivity contribution is 0.246. The Morgan fingerprint density at radius 3 is 2.86 bits per heavy atom. The van der Waals surface area contributed by atoms with Crippen LogP contribution in [0.5, 0.6) is 5.75 Å². The summed E-state index contributed by atoms with van der Waals surface area (Å²) in [5.41, 5.74) is 0.485. The number of benzene rings is 1. The number of alkyl halides is 1. The van der Waals surface area contributed by atoms with Crippen LogP contribution in [0.3, 0.4) is 0 Å². The molecule has 0 aliphatic rings. The van der Waals surface area contributed by atoms with Gasteiger partial charge in [0.25, 0.3) is 0 Å². The smallest absolute Gasteiger partial charge is 0.137 e. The van der Waals surface area contributed by atoms with Crippen molar-refractivity contribution in [1.29, 1.82) is 5.26 Å². The van der Waals surface area contributed by atoms with E-state index in [1.54, 1.807) is 24.3 Å². The van der Waals surface area contributed by atoms with E-state index in [4.69, 9.17) is 10.00 Å². The Balaban J connectivity index is 2.54. The van der Waals surface area contributed by atoms with Crippen molar-refractivity contribution in [2.45, 2.75) is 19.5 Å². The molecule has 0 saturated heterocycles.